The second kappa shape index (κ2) is 1.96. The minimum absolute atomic E-state index is 0.757. The molecule has 0 amide bonds. The van der Waals surface area contributed by atoms with Gasteiger partial charge in [-0.15, -0.1) is 0 Å². The van der Waals surface area contributed by atoms with Crippen LogP contribution in [0.4, 0.5) is 0 Å². The van der Waals surface area contributed by atoms with Crippen LogP contribution in [0.2, 0.25) is 0 Å². The van der Waals surface area contributed by atoms with Crippen molar-refractivity contribution in [3.8, 4) is 0 Å². The summed E-state index contributed by atoms with van der Waals surface area (Å²) in [6.45, 7) is 0. The van der Waals surface area contributed by atoms with Crippen LogP contribution >= 0.6 is 31.9 Å². The van der Waals surface area contributed by atoms with Crippen LogP contribution in [0.15, 0.2) is 15.5 Å². The summed E-state index contributed by atoms with van der Waals surface area (Å²) in [5, 5.41) is 0. The normalized spacial score (nSPS) is 9.43. The lowest BCUT2D eigenvalue weighted by molar-refractivity contribution is 1.27. The maximum Gasteiger partial charge on any atom is 0.0131 e. The number of rotatable bonds is 0. The van der Waals surface area contributed by atoms with Crippen LogP contribution in [-0.4, -0.2) is 4.98 Å². The van der Waals surface area contributed by atoms with Gasteiger partial charge >= 0.3 is 0 Å². The van der Waals surface area contributed by atoms with Crippen molar-refractivity contribution in [1.82, 2.24) is 9.97 Å². The Labute approximate surface area is 57.6 Å². The summed E-state index contributed by atoms with van der Waals surface area (Å²) in [5.41, 5.74) is 0. The Morgan fingerprint density at radius 3 is 2.43 bits per heavy atom. The van der Waals surface area contributed by atoms with E-state index in [0.29, 0.717) is 0 Å². The van der Waals surface area contributed by atoms with Gasteiger partial charge in [0.15, 0.2) is 0 Å². The van der Waals surface area contributed by atoms with Gasteiger partial charge in [0.05, 0.1) is 0 Å². The maximum absolute atomic E-state index is 3.77. The highest BCUT2D eigenvalue weighted by atomic mass is 79.9. The molecule has 0 atom stereocenters. The van der Waals surface area contributed by atoms with Gasteiger partial charge in [0.25, 0.3) is 0 Å². The first-order valence-electron chi connectivity index (χ1n) is 1.59. The second-order valence-electron chi connectivity index (χ2n) is 0.955. The molecule has 0 aliphatic heterocycles. The standard InChI is InChI=1S/C3HBr2N2/c4-2-3(5)7-1-6-2/h1H/q-1. The number of hydrogen-bond donors (Lipinski definition) is 0. The molecule has 1 aromatic rings. The molecule has 4 heteroatoms. The van der Waals surface area contributed by atoms with Gasteiger partial charge in [-0.1, -0.05) is 38.2 Å². The van der Waals surface area contributed by atoms with Crippen LogP contribution in [0.5, 0.6) is 0 Å². The summed E-state index contributed by atoms with van der Waals surface area (Å²) in [6, 6.07) is 0. The molecule has 0 fully saturated rings. The molecule has 0 unspecified atom stereocenters. The highest BCUT2D eigenvalue weighted by molar-refractivity contribution is 9.13. The number of halogens is 2. The average molecular weight is 225 g/mol. The van der Waals surface area contributed by atoms with E-state index >= 15 is 0 Å². The van der Waals surface area contributed by atoms with Crippen LogP contribution in [0.1, 0.15) is 0 Å². The van der Waals surface area contributed by atoms with E-state index < -0.39 is 0 Å². The largest absolute Gasteiger partial charge is 0.437 e. The SMILES string of the molecule is Brc1nc[n-]c1Br. The highest BCUT2D eigenvalue weighted by Crippen LogP contribution is 2.15. The minimum atomic E-state index is 0.757. The quantitative estimate of drug-likeness (QED) is 0.669. The maximum atomic E-state index is 3.77. The first kappa shape index (κ1) is 5.31. The molecule has 7 heavy (non-hydrogen) atoms. The van der Waals surface area contributed by atoms with Gasteiger partial charge in [0.2, 0.25) is 0 Å². The van der Waals surface area contributed by atoms with Crippen molar-refractivity contribution in [2.24, 2.45) is 0 Å². The van der Waals surface area contributed by atoms with Gasteiger partial charge in [-0.3, -0.25) is 0 Å². The van der Waals surface area contributed by atoms with Crippen molar-refractivity contribution in [3.05, 3.63) is 15.5 Å². The zero-order valence-corrected chi connectivity index (χ0v) is 6.40. The van der Waals surface area contributed by atoms with E-state index in [0.717, 1.165) is 9.21 Å². The molecule has 0 N–H and O–H groups in total. The molecule has 0 aliphatic carbocycles. The lowest BCUT2D eigenvalue weighted by atomic mass is 11.0. The Morgan fingerprint density at radius 1 is 1.57 bits per heavy atom. The molecular weight excluding hydrogens is 224 g/mol. The minimum Gasteiger partial charge on any atom is -0.437 e. The van der Waals surface area contributed by atoms with Crippen molar-refractivity contribution in [2.75, 3.05) is 0 Å². The van der Waals surface area contributed by atoms with Crippen LogP contribution in [0.3, 0.4) is 0 Å². The van der Waals surface area contributed by atoms with E-state index in [-0.39, 0.29) is 0 Å². The topological polar surface area (TPSA) is 27.0 Å². The van der Waals surface area contributed by atoms with E-state index in [9.17, 15) is 0 Å². The Kier molecular flexibility index (Phi) is 1.49. The molecule has 1 aromatic heterocycles. The number of aromatic nitrogens is 2. The third-order valence-electron chi connectivity index (χ3n) is 0.512. The zero-order valence-electron chi connectivity index (χ0n) is 3.23. The van der Waals surface area contributed by atoms with E-state index in [1.807, 2.05) is 0 Å². The van der Waals surface area contributed by atoms with Gasteiger partial charge in [0.1, 0.15) is 0 Å². The van der Waals surface area contributed by atoms with Crippen LogP contribution in [0, 0.1) is 0 Å². The molecule has 0 aromatic carbocycles. The molecule has 1 rings (SSSR count). The monoisotopic (exact) mass is 223 g/mol. The molecule has 0 saturated heterocycles. The van der Waals surface area contributed by atoms with E-state index in [2.05, 4.69) is 41.8 Å². The third-order valence-corrected chi connectivity index (χ3v) is 2.21. The predicted molar refractivity (Wildman–Crippen MR) is 33.0 cm³/mol. The Bertz CT molecular complexity index is 143. The molecule has 0 bridgehead atoms. The van der Waals surface area contributed by atoms with Crippen molar-refractivity contribution < 1.29 is 0 Å². The first-order valence-corrected chi connectivity index (χ1v) is 3.18. The fourth-order valence-electron chi connectivity index (χ4n) is 0.237. The molecule has 0 saturated carbocycles. The lowest BCUT2D eigenvalue weighted by Crippen LogP contribution is -1.60. The third kappa shape index (κ3) is 1.04. The first-order chi connectivity index (χ1) is 3.30. The average Bonchev–Trinajstić information content (AvgIpc) is 1.91. The van der Waals surface area contributed by atoms with Gasteiger partial charge < -0.3 is 9.97 Å². The van der Waals surface area contributed by atoms with Crippen molar-refractivity contribution >= 4 is 31.9 Å². The fourth-order valence-corrected chi connectivity index (χ4v) is 0.625. The van der Waals surface area contributed by atoms with Gasteiger partial charge in [-0.25, -0.2) is 0 Å². The van der Waals surface area contributed by atoms with E-state index in [1.54, 1.807) is 0 Å². The molecule has 0 radical (unpaired) electrons. The Balaban J connectivity index is 3.12. The fraction of sp³-hybridized carbons (Fsp3) is 0. The van der Waals surface area contributed by atoms with Crippen LogP contribution < -0.4 is 4.98 Å². The van der Waals surface area contributed by atoms with Gasteiger partial charge in [0, 0.05) is 9.21 Å². The summed E-state index contributed by atoms with van der Waals surface area (Å²) in [7, 11) is 0. The summed E-state index contributed by atoms with van der Waals surface area (Å²) >= 11 is 6.29. The second-order valence-corrected chi connectivity index (χ2v) is 2.46. The van der Waals surface area contributed by atoms with E-state index in [4.69, 9.17) is 0 Å². The zero-order chi connectivity index (χ0) is 5.28. The van der Waals surface area contributed by atoms with Gasteiger partial charge in [-0.05, 0) is 0 Å². The van der Waals surface area contributed by atoms with Gasteiger partial charge in [-0.2, -0.15) is 0 Å². The molecular formula is C3HBr2N2-. The predicted octanol–water partition coefficient (Wildman–Crippen LogP) is 1.56. The molecule has 0 aliphatic rings. The number of imidazole rings is 1. The Morgan fingerprint density at radius 2 is 2.29 bits per heavy atom. The molecule has 38 valence electrons. The van der Waals surface area contributed by atoms with Crippen molar-refractivity contribution in [2.45, 2.75) is 0 Å². The van der Waals surface area contributed by atoms with Crippen LogP contribution in [0.25, 0.3) is 0 Å². The van der Waals surface area contributed by atoms with E-state index in [1.165, 1.54) is 6.33 Å². The lowest BCUT2D eigenvalue weighted by Gasteiger charge is -1.84. The summed E-state index contributed by atoms with van der Waals surface area (Å²) in [5.74, 6) is 0. The number of hydrogen-bond acceptors (Lipinski definition) is 1. The molecule has 1 heterocycles. The number of nitrogens with zero attached hydrogens (tertiary/aromatic N) is 2. The molecule has 2 nitrogen and oxygen atoms in total. The summed E-state index contributed by atoms with van der Waals surface area (Å²) in [6.07, 6.45) is 1.48. The highest BCUT2D eigenvalue weighted by Gasteiger charge is 1.81. The smallest absolute Gasteiger partial charge is 0.0131 e. The van der Waals surface area contributed by atoms with Crippen LogP contribution in [-0.2, 0) is 0 Å². The molecule has 0 spiro atoms. The van der Waals surface area contributed by atoms with Crippen molar-refractivity contribution in [1.29, 1.82) is 0 Å². The van der Waals surface area contributed by atoms with Crippen molar-refractivity contribution in [3.63, 3.8) is 0 Å². The Hall–Kier alpha value is 0.170. The summed E-state index contributed by atoms with van der Waals surface area (Å²) < 4.78 is 1.51. The summed E-state index contributed by atoms with van der Waals surface area (Å²) in [4.78, 5) is 7.55.